The van der Waals surface area contributed by atoms with Crippen LogP contribution in [0.5, 0.6) is 0 Å². The van der Waals surface area contributed by atoms with Crippen molar-refractivity contribution in [2.24, 2.45) is 10.8 Å². The number of likely N-dealkylation sites (tertiary alicyclic amines) is 1. The number of hydrogen-bond acceptors (Lipinski definition) is 9. The van der Waals surface area contributed by atoms with Crippen molar-refractivity contribution in [3.05, 3.63) is 34.9 Å². The van der Waals surface area contributed by atoms with Crippen LogP contribution >= 0.6 is 11.6 Å². The highest BCUT2D eigenvalue weighted by atomic mass is 35.5. The number of benzene rings is 1. The molecule has 324 valence electrons. The summed E-state index contributed by atoms with van der Waals surface area (Å²) in [6.07, 6.45) is -1.71. The number of likely N-dealkylation sites (N-methyl/N-ethyl adjacent to an activating group) is 1. The third-order valence-corrected chi connectivity index (χ3v) is 9.63. The van der Waals surface area contributed by atoms with Crippen LogP contribution in [0.2, 0.25) is 5.02 Å². The van der Waals surface area contributed by atoms with Gasteiger partial charge in [-0.15, -0.1) is 0 Å². The number of alkyl halides is 4. The number of nitrogens with zero attached hydrogens (tertiary/aromatic N) is 2. The van der Waals surface area contributed by atoms with Crippen LogP contribution in [0.15, 0.2) is 24.3 Å². The predicted molar refractivity (Wildman–Crippen MR) is 193 cm³/mol. The molecular formula is C36H51ClF4N2O14. The molecule has 3 aliphatic rings. The molecule has 0 atom stereocenters. The molecule has 3 fully saturated rings. The van der Waals surface area contributed by atoms with Gasteiger partial charge in [-0.05, 0) is 78.5 Å². The van der Waals surface area contributed by atoms with Crippen LogP contribution in [0.4, 0.5) is 22.4 Å². The minimum absolute atomic E-state index is 0.167. The molecule has 6 N–H and O–H groups in total. The number of aliphatic carboxylic acids is 4. The lowest BCUT2D eigenvalue weighted by atomic mass is 9.66. The Balaban J connectivity index is 0.000000701. The second kappa shape index (κ2) is 20.6. The topological polar surface area (TPSA) is 257 Å². The first-order valence-electron chi connectivity index (χ1n) is 17.2. The second-order valence-corrected chi connectivity index (χ2v) is 15.4. The van der Waals surface area contributed by atoms with E-state index in [0.29, 0.717) is 17.9 Å². The minimum Gasteiger partial charge on any atom is -0.481 e. The van der Waals surface area contributed by atoms with Crippen molar-refractivity contribution in [2.75, 3.05) is 27.2 Å². The first kappa shape index (κ1) is 52.3. The van der Waals surface area contributed by atoms with Gasteiger partial charge in [-0.3, -0.25) is 19.3 Å². The number of rotatable bonds is 5. The molecule has 16 nitrogen and oxygen atoms in total. The Morgan fingerprint density at radius 2 is 1.19 bits per heavy atom. The van der Waals surface area contributed by atoms with Gasteiger partial charge in [0.2, 0.25) is 5.92 Å². The van der Waals surface area contributed by atoms with Crippen LogP contribution in [-0.4, -0.2) is 133 Å². The minimum atomic E-state index is -2.76. The standard InChI is InChI=1S/C10H16F2O3.C7H5ClO2.C7H9F2NO3.C7H11NO4.C5H10O2/c1-8(2,7(13)14)9(15)3-5-10(11,12)6-4-9;8-6-3-1-2-5(4-6)7(9)10;8-7(9)1-3-10(4-2-7)5(11)6(12)13;1-8(6(11)12-2)7(3-4-7)5(9)10;1-5(2,3)4(6)7/h15H,3-6H2,1-2H3,(H,13,14);1-4H,(H,9,10);1-4H2,(H,12,13);3-4H2,1-2H3,(H,9,10);1-3H3,(H,6,7). The summed E-state index contributed by atoms with van der Waals surface area (Å²) in [4.78, 5) is 75.9. The number of carboxylic acid groups (broad SMARTS) is 5. The fourth-order valence-electron chi connectivity index (χ4n) is 4.77. The summed E-state index contributed by atoms with van der Waals surface area (Å²) in [5, 5.41) is 53.2. The van der Waals surface area contributed by atoms with Gasteiger partial charge in [-0.1, -0.05) is 17.7 Å². The van der Waals surface area contributed by atoms with Gasteiger partial charge in [0.25, 0.3) is 5.92 Å². The van der Waals surface area contributed by atoms with E-state index in [9.17, 15) is 56.2 Å². The van der Waals surface area contributed by atoms with Crippen LogP contribution in [0, 0.1) is 10.8 Å². The molecule has 0 aromatic heterocycles. The highest BCUT2D eigenvalue weighted by Crippen LogP contribution is 2.47. The van der Waals surface area contributed by atoms with Crippen LogP contribution in [0.25, 0.3) is 0 Å². The number of piperidine rings is 1. The van der Waals surface area contributed by atoms with E-state index in [2.05, 4.69) is 4.74 Å². The Kier molecular flexibility index (Phi) is 18.9. The van der Waals surface area contributed by atoms with Gasteiger partial charge in [-0.2, -0.15) is 0 Å². The zero-order chi connectivity index (χ0) is 45.0. The Morgan fingerprint density at radius 1 is 0.754 bits per heavy atom. The molecule has 0 unspecified atom stereocenters. The maximum absolute atomic E-state index is 12.9. The normalized spacial score (nSPS) is 18.2. The zero-order valence-electron chi connectivity index (χ0n) is 32.6. The Hall–Kier alpha value is -4.72. The average molecular weight is 847 g/mol. The van der Waals surface area contributed by atoms with Crippen LogP contribution < -0.4 is 0 Å². The number of aromatic carboxylic acids is 1. The first-order chi connectivity index (χ1) is 25.7. The van der Waals surface area contributed by atoms with Gasteiger partial charge in [0.15, 0.2) is 0 Å². The average Bonchev–Trinajstić information content (AvgIpc) is 3.92. The van der Waals surface area contributed by atoms with Crippen LogP contribution in [0.3, 0.4) is 0 Å². The fourth-order valence-corrected chi connectivity index (χ4v) is 4.96. The molecule has 0 bridgehead atoms. The molecular weight excluding hydrogens is 796 g/mol. The lowest BCUT2D eigenvalue weighted by Crippen LogP contribution is -2.53. The number of ether oxygens (including phenoxy) is 1. The molecule has 2 saturated carbocycles. The molecule has 1 saturated heterocycles. The van der Waals surface area contributed by atoms with E-state index in [-0.39, 0.29) is 31.5 Å². The van der Waals surface area contributed by atoms with E-state index in [1.54, 1.807) is 32.9 Å². The first-order valence-corrected chi connectivity index (χ1v) is 17.6. The summed E-state index contributed by atoms with van der Waals surface area (Å²) < 4.78 is 55.3. The maximum atomic E-state index is 12.9. The number of methoxy groups -OCH3 is 1. The van der Waals surface area contributed by atoms with Gasteiger partial charge < -0.3 is 40.3 Å². The van der Waals surface area contributed by atoms with Crippen molar-refractivity contribution in [3.63, 3.8) is 0 Å². The molecule has 1 aliphatic heterocycles. The van der Waals surface area contributed by atoms with E-state index >= 15 is 0 Å². The molecule has 4 rings (SSSR count). The van der Waals surface area contributed by atoms with E-state index in [1.807, 2.05) is 0 Å². The van der Waals surface area contributed by atoms with E-state index in [4.69, 9.17) is 37.1 Å². The number of amides is 2. The van der Waals surface area contributed by atoms with Crippen molar-refractivity contribution in [3.8, 4) is 0 Å². The fraction of sp³-hybridized carbons (Fsp3) is 0.639. The number of hydrogen-bond donors (Lipinski definition) is 6. The highest BCUT2D eigenvalue weighted by Gasteiger charge is 2.56. The predicted octanol–water partition coefficient (Wildman–Crippen LogP) is 5.82. The Bertz CT molecular complexity index is 1590. The summed E-state index contributed by atoms with van der Waals surface area (Å²) in [6.45, 7) is 7.37. The number of halogens is 5. The SMILES string of the molecule is CC(C)(C(=O)O)C1(O)CCC(F)(F)CC1.CC(C)(C)C(=O)O.COC(=O)N(C)C1(C(=O)O)CC1.O=C(O)C(=O)N1CCC(F)(F)CC1.O=C(O)c1cccc(Cl)c1. The van der Waals surface area contributed by atoms with Crippen molar-refractivity contribution in [2.45, 2.75) is 109 Å². The van der Waals surface area contributed by atoms with E-state index in [0.717, 1.165) is 9.80 Å². The summed E-state index contributed by atoms with van der Waals surface area (Å²) >= 11 is 5.53. The molecule has 57 heavy (non-hydrogen) atoms. The quantitative estimate of drug-likeness (QED) is 0.151. The summed E-state index contributed by atoms with van der Waals surface area (Å²) in [7, 11) is 2.67. The summed E-state index contributed by atoms with van der Waals surface area (Å²) in [6, 6.07) is 6.14. The lowest BCUT2D eigenvalue weighted by Gasteiger charge is -2.44. The molecule has 2 amide bonds. The van der Waals surface area contributed by atoms with Crippen molar-refractivity contribution in [1.29, 1.82) is 0 Å². The van der Waals surface area contributed by atoms with E-state index < -0.39 is 101 Å². The van der Waals surface area contributed by atoms with Crippen molar-refractivity contribution >= 4 is 53.4 Å². The largest absolute Gasteiger partial charge is 0.481 e. The van der Waals surface area contributed by atoms with Crippen molar-refractivity contribution < 1.29 is 86.5 Å². The third kappa shape index (κ3) is 16.3. The molecule has 21 heteroatoms. The number of carbonyl (C=O) groups is 7. The summed E-state index contributed by atoms with van der Waals surface area (Å²) in [5.74, 6) is -12.0. The van der Waals surface area contributed by atoms with Gasteiger partial charge in [0, 0.05) is 50.8 Å². The van der Waals surface area contributed by atoms with Gasteiger partial charge >= 0.3 is 41.8 Å². The van der Waals surface area contributed by atoms with Crippen molar-refractivity contribution in [1.82, 2.24) is 9.80 Å². The second-order valence-electron chi connectivity index (χ2n) is 15.0. The summed E-state index contributed by atoms with van der Waals surface area (Å²) in [5.41, 5.74) is -4.27. The third-order valence-electron chi connectivity index (χ3n) is 9.40. The Morgan fingerprint density at radius 3 is 1.49 bits per heavy atom. The molecule has 0 radical (unpaired) electrons. The monoisotopic (exact) mass is 846 g/mol. The molecule has 0 spiro atoms. The van der Waals surface area contributed by atoms with Gasteiger partial charge in [-0.25, -0.2) is 36.7 Å². The number of carbonyl (C=O) groups excluding carboxylic acids is 2. The smallest absolute Gasteiger partial charge is 0.410 e. The van der Waals surface area contributed by atoms with Gasteiger partial charge in [0.05, 0.1) is 29.1 Å². The molecule has 1 aromatic carbocycles. The van der Waals surface area contributed by atoms with Gasteiger partial charge in [0.1, 0.15) is 5.54 Å². The zero-order valence-corrected chi connectivity index (χ0v) is 33.4. The molecule has 1 heterocycles. The number of aliphatic hydroxyl groups is 1. The Labute approximate surface area is 331 Å². The highest BCUT2D eigenvalue weighted by molar-refractivity contribution is 6.31. The number of carboxylic acids is 5. The molecule has 2 aliphatic carbocycles. The maximum Gasteiger partial charge on any atom is 0.410 e. The van der Waals surface area contributed by atoms with E-state index in [1.165, 1.54) is 40.1 Å². The lowest BCUT2D eigenvalue weighted by molar-refractivity contribution is -0.181. The van der Waals surface area contributed by atoms with Crippen LogP contribution in [0.1, 0.15) is 96.3 Å². The molecule has 1 aromatic rings. The van der Waals surface area contributed by atoms with Crippen LogP contribution in [-0.2, 0) is 28.7 Å².